The summed E-state index contributed by atoms with van der Waals surface area (Å²) in [6.45, 7) is 4.34. The molecule has 21 heavy (non-hydrogen) atoms. The molecule has 0 bridgehead atoms. The Labute approximate surface area is 126 Å². The normalized spacial score (nSPS) is 28.6. The van der Waals surface area contributed by atoms with Crippen molar-refractivity contribution in [3.8, 4) is 0 Å². The Bertz CT molecular complexity index is 522. The number of benzene rings is 1. The van der Waals surface area contributed by atoms with Crippen molar-refractivity contribution in [3.05, 3.63) is 47.5 Å². The highest BCUT2D eigenvalue weighted by Crippen LogP contribution is 2.37. The third-order valence-electron chi connectivity index (χ3n) is 3.96. The number of piperidine rings is 1. The molecule has 4 heteroatoms. The molecule has 0 unspecified atom stereocenters. The Morgan fingerprint density at radius 3 is 2.76 bits per heavy atom. The van der Waals surface area contributed by atoms with Crippen LogP contribution in [0.4, 0.5) is 0 Å². The maximum Gasteiger partial charge on any atom is 0.330 e. The lowest BCUT2D eigenvalue weighted by atomic mass is 9.82. The van der Waals surface area contributed by atoms with Crippen molar-refractivity contribution in [2.75, 3.05) is 20.2 Å². The summed E-state index contributed by atoms with van der Waals surface area (Å²) < 4.78 is 4.97. The Hall–Kier alpha value is -1.65. The second-order valence-electron chi connectivity index (χ2n) is 5.74. The van der Waals surface area contributed by atoms with E-state index < -0.39 is 5.60 Å². The van der Waals surface area contributed by atoms with Crippen LogP contribution in [0.3, 0.4) is 0 Å². The number of likely N-dealkylation sites (N-methyl/N-ethyl adjacent to an activating group) is 1. The number of carbonyl (C=O) groups excluding carboxylic acids is 1. The van der Waals surface area contributed by atoms with Gasteiger partial charge in [-0.3, -0.25) is 4.90 Å². The highest BCUT2D eigenvalue weighted by atomic mass is 16.5. The van der Waals surface area contributed by atoms with E-state index in [-0.39, 0.29) is 12.0 Å². The molecule has 0 aromatic heterocycles. The third kappa shape index (κ3) is 3.71. The lowest BCUT2D eigenvalue weighted by Gasteiger charge is -2.42. The van der Waals surface area contributed by atoms with Crippen molar-refractivity contribution in [2.24, 2.45) is 0 Å². The quantitative estimate of drug-likeness (QED) is 0.685. The molecule has 1 aliphatic rings. The minimum Gasteiger partial charge on any atom is -0.463 e. The maximum atomic E-state index is 11.7. The topological polar surface area (TPSA) is 49.8 Å². The number of carbonyl (C=O) groups is 1. The van der Waals surface area contributed by atoms with Gasteiger partial charge in [-0.1, -0.05) is 30.3 Å². The predicted molar refractivity (Wildman–Crippen MR) is 81.8 cm³/mol. The SMILES string of the molecule is CCOC(=O)/C=C1\C[C@H](c2ccccc2)N(C)C[C@]1(C)O. The first kappa shape index (κ1) is 15.7. The van der Waals surface area contributed by atoms with Gasteiger partial charge in [0.2, 0.25) is 0 Å². The first-order chi connectivity index (χ1) is 9.94. The standard InChI is InChI=1S/C17H23NO3/c1-4-21-16(19)11-14-10-15(13-8-6-5-7-9-13)18(3)12-17(14,2)20/h5-9,11,15,20H,4,10,12H2,1-3H3/b14-11+/t15-,17+/m1/s1. The summed E-state index contributed by atoms with van der Waals surface area (Å²) >= 11 is 0. The van der Waals surface area contributed by atoms with E-state index in [0.29, 0.717) is 19.6 Å². The van der Waals surface area contributed by atoms with Gasteiger partial charge in [0.1, 0.15) is 0 Å². The molecular formula is C17H23NO3. The molecule has 1 aliphatic heterocycles. The second kappa shape index (κ2) is 6.41. The van der Waals surface area contributed by atoms with E-state index in [4.69, 9.17) is 4.74 Å². The van der Waals surface area contributed by atoms with E-state index in [1.165, 1.54) is 11.6 Å². The molecule has 1 fully saturated rings. The fraction of sp³-hybridized carbons (Fsp3) is 0.471. The number of hydrogen-bond donors (Lipinski definition) is 1. The van der Waals surface area contributed by atoms with Crippen molar-refractivity contribution in [1.82, 2.24) is 4.90 Å². The molecule has 1 heterocycles. The molecule has 1 aromatic carbocycles. The molecule has 1 aromatic rings. The Morgan fingerprint density at radius 2 is 2.14 bits per heavy atom. The average molecular weight is 289 g/mol. The van der Waals surface area contributed by atoms with E-state index >= 15 is 0 Å². The number of esters is 1. The van der Waals surface area contributed by atoms with Gasteiger partial charge in [0, 0.05) is 18.7 Å². The minimum atomic E-state index is -1.01. The fourth-order valence-electron chi connectivity index (χ4n) is 2.87. The van der Waals surface area contributed by atoms with Gasteiger partial charge in [0.25, 0.3) is 0 Å². The summed E-state index contributed by atoms with van der Waals surface area (Å²) in [5, 5.41) is 10.6. The first-order valence-corrected chi connectivity index (χ1v) is 7.29. The van der Waals surface area contributed by atoms with E-state index in [0.717, 1.165) is 5.57 Å². The zero-order chi connectivity index (χ0) is 15.5. The lowest BCUT2D eigenvalue weighted by Crippen LogP contribution is -2.47. The van der Waals surface area contributed by atoms with Gasteiger partial charge < -0.3 is 9.84 Å². The Morgan fingerprint density at radius 1 is 1.48 bits per heavy atom. The van der Waals surface area contributed by atoms with Gasteiger partial charge in [0.15, 0.2) is 0 Å². The second-order valence-corrected chi connectivity index (χ2v) is 5.74. The molecule has 0 radical (unpaired) electrons. The summed E-state index contributed by atoms with van der Waals surface area (Å²) in [6, 6.07) is 10.3. The van der Waals surface area contributed by atoms with Crippen LogP contribution in [0.25, 0.3) is 0 Å². The summed E-state index contributed by atoms with van der Waals surface area (Å²) in [6.07, 6.45) is 2.07. The minimum absolute atomic E-state index is 0.159. The van der Waals surface area contributed by atoms with E-state index in [1.807, 2.05) is 25.2 Å². The summed E-state index contributed by atoms with van der Waals surface area (Å²) in [7, 11) is 1.99. The van der Waals surface area contributed by atoms with Crippen LogP contribution in [0.15, 0.2) is 42.0 Å². The van der Waals surface area contributed by atoms with Gasteiger partial charge in [-0.05, 0) is 38.5 Å². The monoisotopic (exact) mass is 289 g/mol. The fourth-order valence-corrected chi connectivity index (χ4v) is 2.87. The summed E-state index contributed by atoms with van der Waals surface area (Å²) in [4.78, 5) is 13.8. The van der Waals surface area contributed by atoms with Gasteiger partial charge in [-0.15, -0.1) is 0 Å². The van der Waals surface area contributed by atoms with Crippen LogP contribution in [0, 0.1) is 0 Å². The molecule has 1 saturated heterocycles. The van der Waals surface area contributed by atoms with Crippen molar-refractivity contribution in [1.29, 1.82) is 0 Å². The van der Waals surface area contributed by atoms with Gasteiger partial charge in [-0.25, -0.2) is 4.79 Å². The molecular weight excluding hydrogens is 266 g/mol. The molecule has 4 nitrogen and oxygen atoms in total. The van der Waals surface area contributed by atoms with Crippen LogP contribution in [0.1, 0.15) is 31.9 Å². The average Bonchev–Trinajstić information content (AvgIpc) is 2.42. The van der Waals surface area contributed by atoms with Gasteiger partial charge in [0.05, 0.1) is 12.2 Å². The van der Waals surface area contributed by atoms with E-state index in [9.17, 15) is 9.90 Å². The number of likely N-dealkylation sites (tertiary alicyclic amines) is 1. The molecule has 0 spiro atoms. The Balaban J connectivity index is 2.26. The van der Waals surface area contributed by atoms with Crippen molar-refractivity contribution in [2.45, 2.75) is 31.9 Å². The van der Waals surface area contributed by atoms with Crippen LogP contribution < -0.4 is 0 Å². The highest BCUT2D eigenvalue weighted by molar-refractivity contribution is 5.83. The van der Waals surface area contributed by atoms with Crippen molar-refractivity contribution < 1.29 is 14.6 Å². The smallest absolute Gasteiger partial charge is 0.330 e. The molecule has 1 N–H and O–H groups in total. The predicted octanol–water partition coefficient (Wildman–Crippen LogP) is 2.30. The Kier molecular flexibility index (Phi) is 4.80. The number of rotatable bonds is 3. The van der Waals surface area contributed by atoms with Crippen molar-refractivity contribution in [3.63, 3.8) is 0 Å². The van der Waals surface area contributed by atoms with Crippen LogP contribution in [-0.2, 0) is 9.53 Å². The molecule has 114 valence electrons. The van der Waals surface area contributed by atoms with Crippen LogP contribution >= 0.6 is 0 Å². The molecule has 2 atom stereocenters. The highest BCUT2D eigenvalue weighted by Gasteiger charge is 2.37. The van der Waals surface area contributed by atoms with Gasteiger partial charge in [-0.2, -0.15) is 0 Å². The zero-order valence-electron chi connectivity index (χ0n) is 12.9. The molecule has 0 aliphatic carbocycles. The number of nitrogens with zero attached hydrogens (tertiary/aromatic N) is 1. The summed E-state index contributed by atoms with van der Waals surface area (Å²) in [5.74, 6) is -0.385. The van der Waals surface area contributed by atoms with E-state index in [1.54, 1.807) is 13.8 Å². The number of aliphatic hydroxyl groups is 1. The maximum absolute atomic E-state index is 11.7. The molecule has 0 amide bonds. The van der Waals surface area contributed by atoms with Crippen LogP contribution in [0.2, 0.25) is 0 Å². The number of ether oxygens (including phenoxy) is 1. The molecule has 2 rings (SSSR count). The first-order valence-electron chi connectivity index (χ1n) is 7.29. The zero-order valence-corrected chi connectivity index (χ0v) is 12.9. The van der Waals surface area contributed by atoms with Gasteiger partial charge >= 0.3 is 5.97 Å². The largest absolute Gasteiger partial charge is 0.463 e. The lowest BCUT2D eigenvalue weighted by molar-refractivity contribution is -0.137. The third-order valence-corrected chi connectivity index (χ3v) is 3.96. The van der Waals surface area contributed by atoms with Crippen LogP contribution in [0.5, 0.6) is 0 Å². The van der Waals surface area contributed by atoms with Crippen molar-refractivity contribution >= 4 is 5.97 Å². The number of β-amino-alcohol motifs (C(OH)–C–C–N with tert-alkyl or cyclic N) is 1. The van der Waals surface area contributed by atoms with Crippen LogP contribution in [-0.4, -0.2) is 41.8 Å². The summed E-state index contributed by atoms with van der Waals surface area (Å²) in [5.41, 5.74) is 0.908. The molecule has 0 saturated carbocycles. The van der Waals surface area contributed by atoms with E-state index in [2.05, 4.69) is 17.0 Å². The number of hydrogen-bond acceptors (Lipinski definition) is 4.